The Morgan fingerprint density at radius 2 is 1.86 bits per heavy atom. The van der Waals surface area contributed by atoms with Crippen molar-refractivity contribution in [2.75, 3.05) is 34.2 Å². The lowest BCUT2D eigenvalue weighted by Gasteiger charge is -2.49. The molecule has 1 fully saturated rings. The van der Waals surface area contributed by atoms with Crippen LogP contribution in [0, 0.1) is 0 Å². The van der Waals surface area contributed by atoms with Crippen LogP contribution in [0.25, 0.3) is 0 Å². The molecule has 0 aliphatic heterocycles. The summed E-state index contributed by atoms with van der Waals surface area (Å²) in [5.74, 6) is -1.09. The SMILES string of the molecule is CN(CC1(N(C)C)CCC1)C(=O)NCC(C)(O)CC(=O)O. The van der Waals surface area contributed by atoms with Gasteiger partial charge in [-0.25, -0.2) is 4.79 Å². The monoisotopic (exact) mass is 301 g/mol. The van der Waals surface area contributed by atoms with Crippen LogP contribution in [0.5, 0.6) is 0 Å². The average Bonchev–Trinajstić information content (AvgIpc) is 2.28. The fourth-order valence-electron chi connectivity index (χ4n) is 2.63. The van der Waals surface area contributed by atoms with Crippen molar-refractivity contribution < 1.29 is 19.8 Å². The molecule has 1 aliphatic rings. The Labute approximate surface area is 125 Å². The molecule has 0 bridgehead atoms. The molecule has 0 saturated heterocycles. The van der Waals surface area contributed by atoms with E-state index < -0.39 is 18.0 Å². The second-order valence-electron chi connectivity index (χ2n) is 6.55. The number of amides is 2. The summed E-state index contributed by atoms with van der Waals surface area (Å²) in [5, 5.41) is 21.2. The smallest absolute Gasteiger partial charge is 0.317 e. The number of hydrogen-bond acceptors (Lipinski definition) is 4. The van der Waals surface area contributed by atoms with Gasteiger partial charge in [0.2, 0.25) is 0 Å². The van der Waals surface area contributed by atoms with Crippen molar-refractivity contribution >= 4 is 12.0 Å². The summed E-state index contributed by atoms with van der Waals surface area (Å²) in [6.45, 7) is 1.93. The summed E-state index contributed by atoms with van der Waals surface area (Å²) in [5.41, 5.74) is -1.41. The molecule has 1 atom stereocenters. The first-order valence-corrected chi connectivity index (χ1v) is 7.19. The van der Waals surface area contributed by atoms with E-state index in [0.717, 1.165) is 12.8 Å². The predicted octanol–water partition coefficient (Wildman–Crippen LogP) is 0.338. The number of nitrogens with zero attached hydrogens (tertiary/aromatic N) is 2. The van der Waals surface area contributed by atoms with E-state index in [1.807, 2.05) is 14.1 Å². The van der Waals surface area contributed by atoms with Gasteiger partial charge in [0.1, 0.15) is 0 Å². The number of likely N-dealkylation sites (N-methyl/N-ethyl adjacent to an activating group) is 2. The minimum atomic E-state index is -1.45. The molecule has 1 unspecified atom stereocenters. The summed E-state index contributed by atoms with van der Waals surface area (Å²) in [6.07, 6.45) is 2.89. The van der Waals surface area contributed by atoms with Crippen molar-refractivity contribution in [1.82, 2.24) is 15.1 Å². The van der Waals surface area contributed by atoms with Crippen molar-refractivity contribution in [1.29, 1.82) is 0 Å². The molecule has 21 heavy (non-hydrogen) atoms. The van der Waals surface area contributed by atoms with Gasteiger partial charge in [-0.05, 0) is 40.3 Å². The highest BCUT2D eigenvalue weighted by Crippen LogP contribution is 2.36. The molecule has 1 saturated carbocycles. The maximum absolute atomic E-state index is 12.1. The highest BCUT2D eigenvalue weighted by molar-refractivity contribution is 5.74. The van der Waals surface area contributed by atoms with Gasteiger partial charge in [0, 0.05) is 25.7 Å². The Morgan fingerprint density at radius 1 is 1.29 bits per heavy atom. The summed E-state index contributed by atoms with van der Waals surface area (Å²) >= 11 is 0. The molecule has 7 nitrogen and oxygen atoms in total. The number of carbonyl (C=O) groups excluding carboxylic acids is 1. The Kier molecular flexibility index (Phi) is 5.58. The van der Waals surface area contributed by atoms with Gasteiger partial charge in [-0.2, -0.15) is 0 Å². The zero-order valence-corrected chi connectivity index (χ0v) is 13.3. The molecule has 0 aromatic rings. The Balaban J connectivity index is 2.46. The largest absolute Gasteiger partial charge is 0.481 e. The molecule has 0 spiro atoms. The maximum Gasteiger partial charge on any atom is 0.317 e. The van der Waals surface area contributed by atoms with E-state index in [1.165, 1.54) is 13.3 Å². The Morgan fingerprint density at radius 3 is 2.24 bits per heavy atom. The molecule has 1 aliphatic carbocycles. The fourth-order valence-corrected chi connectivity index (χ4v) is 2.63. The second-order valence-corrected chi connectivity index (χ2v) is 6.55. The van der Waals surface area contributed by atoms with Crippen molar-refractivity contribution in [2.45, 2.75) is 43.7 Å². The van der Waals surface area contributed by atoms with Crippen LogP contribution in [0.2, 0.25) is 0 Å². The number of aliphatic hydroxyl groups is 1. The van der Waals surface area contributed by atoms with Crippen LogP contribution < -0.4 is 5.32 Å². The third-order valence-electron chi connectivity index (χ3n) is 4.26. The van der Waals surface area contributed by atoms with Crippen LogP contribution in [0.3, 0.4) is 0 Å². The lowest BCUT2D eigenvalue weighted by Crippen LogP contribution is -2.59. The molecular formula is C14H27N3O4. The minimum Gasteiger partial charge on any atom is -0.481 e. The maximum atomic E-state index is 12.1. The molecule has 7 heteroatoms. The minimum absolute atomic E-state index is 0.0374. The molecule has 0 radical (unpaired) electrons. The van der Waals surface area contributed by atoms with Crippen molar-refractivity contribution in [3.63, 3.8) is 0 Å². The number of urea groups is 1. The van der Waals surface area contributed by atoms with E-state index in [1.54, 1.807) is 11.9 Å². The highest BCUT2D eigenvalue weighted by Gasteiger charge is 2.40. The van der Waals surface area contributed by atoms with Crippen molar-refractivity contribution in [3.8, 4) is 0 Å². The molecule has 122 valence electrons. The highest BCUT2D eigenvalue weighted by atomic mass is 16.4. The number of rotatable bonds is 7. The van der Waals surface area contributed by atoms with Crippen LogP contribution in [-0.4, -0.2) is 77.4 Å². The third kappa shape index (κ3) is 4.86. The van der Waals surface area contributed by atoms with Crippen LogP contribution in [0.4, 0.5) is 4.79 Å². The first-order valence-electron chi connectivity index (χ1n) is 7.19. The van der Waals surface area contributed by atoms with Crippen LogP contribution in [0.15, 0.2) is 0 Å². The summed E-state index contributed by atoms with van der Waals surface area (Å²) in [7, 11) is 5.75. The topological polar surface area (TPSA) is 93.1 Å². The molecule has 0 heterocycles. The number of carbonyl (C=O) groups is 2. The van der Waals surface area contributed by atoms with E-state index in [2.05, 4.69) is 10.2 Å². The van der Waals surface area contributed by atoms with Gasteiger partial charge in [-0.1, -0.05) is 0 Å². The quantitative estimate of drug-likeness (QED) is 0.630. The zero-order valence-electron chi connectivity index (χ0n) is 13.3. The molecule has 3 N–H and O–H groups in total. The lowest BCUT2D eigenvalue weighted by atomic mass is 9.75. The van der Waals surface area contributed by atoms with Crippen molar-refractivity contribution in [3.05, 3.63) is 0 Å². The number of carboxylic acids is 1. The molecule has 2 amide bonds. The number of hydrogen-bond donors (Lipinski definition) is 3. The zero-order chi connectivity index (χ0) is 16.3. The van der Waals surface area contributed by atoms with Crippen LogP contribution >= 0.6 is 0 Å². The van der Waals surface area contributed by atoms with E-state index in [0.29, 0.717) is 6.54 Å². The summed E-state index contributed by atoms with van der Waals surface area (Å²) in [6, 6.07) is -0.297. The first-order chi connectivity index (χ1) is 9.58. The average molecular weight is 301 g/mol. The fraction of sp³-hybridized carbons (Fsp3) is 0.857. The van der Waals surface area contributed by atoms with Gasteiger partial charge in [-0.15, -0.1) is 0 Å². The standard InChI is InChI=1S/C14H27N3O4/c1-13(21,8-11(18)19)9-15-12(20)17(4)10-14(16(2)3)6-5-7-14/h21H,5-10H2,1-4H3,(H,15,20)(H,18,19). The molecule has 0 aromatic carbocycles. The van der Waals surface area contributed by atoms with Gasteiger partial charge in [0.25, 0.3) is 0 Å². The van der Waals surface area contributed by atoms with Gasteiger partial charge in [0.15, 0.2) is 0 Å². The lowest BCUT2D eigenvalue weighted by molar-refractivity contribution is -0.141. The molecule has 1 rings (SSSR count). The molecular weight excluding hydrogens is 274 g/mol. The normalized spacial score (nSPS) is 19.5. The van der Waals surface area contributed by atoms with Crippen LogP contribution in [0.1, 0.15) is 32.6 Å². The first kappa shape index (κ1) is 17.7. The number of aliphatic carboxylic acids is 1. The second kappa shape index (κ2) is 6.62. The van der Waals surface area contributed by atoms with Gasteiger partial charge in [-0.3, -0.25) is 4.79 Å². The van der Waals surface area contributed by atoms with E-state index in [9.17, 15) is 14.7 Å². The summed E-state index contributed by atoms with van der Waals surface area (Å²) in [4.78, 5) is 26.4. The predicted molar refractivity (Wildman–Crippen MR) is 79.2 cm³/mol. The Hall–Kier alpha value is -1.34. The molecule has 0 aromatic heterocycles. The van der Waals surface area contributed by atoms with E-state index >= 15 is 0 Å². The number of nitrogens with one attached hydrogen (secondary N) is 1. The van der Waals surface area contributed by atoms with E-state index in [4.69, 9.17) is 5.11 Å². The summed E-state index contributed by atoms with van der Waals surface area (Å²) < 4.78 is 0. The third-order valence-corrected chi connectivity index (χ3v) is 4.26. The number of carboxylic acid groups (broad SMARTS) is 1. The Bertz CT molecular complexity index is 392. The van der Waals surface area contributed by atoms with Gasteiger partial charge >= 0.3 is 12.0 Å². The van der Waals surface area contributed by atoms with E-state index in [-0.39, 0.29) is 18.1 Å². The van der Waals surface area contributed by atoms with Gasteiger partial charge < -0.3 is 25.3 Å². The van der Waals surface area contributed by atoms with Gasteiger partial charge in [0.05, 0.1) is 12.0 Å². The van der Waals surface area contributed by atoms with Crippen molar-refractivity contribution in [2.24, 2.45) is 0 Å². The van der Waals surface area contributed by atoms with Crippen LogP contribution in [-0.2, 0) is 4.79 Å².